The molecule has 0 unspecified atom stereocenters. The van der Waals surface area contributed by atoms with Gasteiger partial charge in [0.05, 0.1) is 15.5 Å². The van der Waals surface area contributed by atoms with Crippen molar-refractivity contribution in [2.75, 3.05) is 6.54 Å². The Kier molecular flexibility index (Phi) is 6.60. The van der Waals surface area contributed by atoms with Crippen LogP contribution < -0.4 is 10.5 Å². The molecule has 0 aliphatic rings. The minimum Gasteiger partial charge on any atom is -0.329 e. The summed E-state index contributed by atoms with van der Waals surface area (Å²) in [6.07, 6.45) is 0. The zero-order valence-corrected chi connectivity index (χ0v) is 11.9. The van der Waals surface area contributed by atoms with Gasteiger partial charge in [0.25, 0.3) is 0 Å². The van der Waals surface area contributed by atoms with E-state index in [1.54, 1.807) is 6.92 Å². The van der Waals surface area contributed by atoms with Crippen LogP contribution in [0.5, 0.6) is 0 Å². The molecule has 0 amide bonds. The maximum absolute atomic E-state index is 11.8. The fourth-order valence-electron chi connectivity index (χ4n) is 1.13. The van der Waals surface area contributed by atoms with Crippen molar-refractivity contribution in [2.24, 2.45) is 5.73 Å². The summed E-state index contributed by atoms with van der Waals surface area (Å²) in [7, 11) is -3.64. The average molecular weight is 310 g/mol. The van der Waals surface area contributed by atoms with Crippen molar-refractivity contribution in [3.05, 3.63) is 28.8 Å². The zero-order valence-electron chi connectivity index (χ0n) is 9.55. The standard InChI is InChI=1S/C10H12ClN3O2S.ClH/c1-7(5-12)14-17(15,16)9-3-2-8(6-13)10(11)4-9;/h2-4,7,14H,5,12H2,1H3;1H/t7-;/m1./s1. The van der Waals surface area contributed by atoms with Crippen molar-refractivity contribution in [2.45, 2.75) is 17.9 Å². The van der Waals surface area contributed by atoms with Gasteiger partial charge in [-0.3, -0.25) is 0 Å². The van der Waals surface area contributed by atoms with Crippen LogP contribution in [0.3, 0.4) is 0 Å². The van der Waals surface area contributed by atoms with Gasteiger partial charge in [-0.15, -0.1) is 12.4 Å². The first-order valence-corrected chi connectivity index (χ1v) is 6.69. The lowest BCUT2D eigenvalue weighted by Gasteiger charge is -2.12. The molecule has 0 aromatic heterocycles. The van der Waals surface area contributed by atoms with Crippen LogP contribution >= 0.6 is 24.0 Å². The summed E-state index contributed by atoms with van der Waals surface area (Å²) in [4.78, 5) is 0.0156. The molecule has 0 heterocycles. The Balaban J connectivity index is 0.00000289. The number of rotatable bonds is 4. The normalized spacial score (nSPS) is 12.3. The molecule has 8 heteroatoms. The van der Waals surface area contributed by atoms with Crippen molar-refractivity contribution in [3.8, 4) is 6.07 Å². The lowest BCUT2D eigenvalue weighted by atomic mass is 10.2. The predicted octanol–water partition coefficient (Wildman–Crippen LogP) is 1.26. The van der Waals surface area contributed by atoms with E-state index in [1.807, 2.05) is 6.07 Å². The van der Waals surface area contributed by atoms with E-state index in [1.165, 1.54) is 18.2 Å². The van der Waals surface area contributed by atoms with Gasteiger partial charge in [-0.2, -0.15) is 5.26 Å². The molecule has 0 aliphatic heterocycles. The first kappa shape index (κ1) is 17.2. The van der Waals surface area contributed by atoms with Gasteiger partial charge in [-0.25, -0.2) is 13.1 Å². The molecule has 3 N–H and O–H groups in total. The number of nitrogens with two attached hydrogens (primary N) is 1. The average Bonchev–Trinajstić information content (AvgIpc) is 2.28. The predicted molar refractivity (Wildman–Crippen MR) is 72.3 cm³/mol. The van der Waals surface area contributed by atoms with E-state index in [4.69, 9.17) is 22.6 Å². The van der Waals surface area contributed by atoms with Gasteiger partial charge in [-0.05, 0) is 25.1 Å². The summed E-state index contributed by atoms with van der Waals surface area (Å²) in [5.41, 5.74) is 5.57. The molecule has 100 valence electrons. The molecule has 18 heavy (non-hydrogen) atoms. The topological polar surface area (TPSA) is 96.0 Å². The van der Waals surface area contributed by atoms with E-state index in [2.05, 4.69) is 4.72 Å². The Labute approximate surface area is 117 Å². The Bertz CT molecular complexity index is 555. The number of nitriles is 1. The molecule has 0 saturated carbocycles. The highest BCUT2D eigenvalue weighted by Gasteiger charge is 2.17. The van der Waals surface area contributed by atoms with E-state index in [0.29, 0.717) is 0 Å². The number of benzene rings is 1. The van der Waals surface area contributed by atoms with Crippen LogP contribution in [0.25, 0.3) is 0 Å². The minimum absolute atomic E-state index is 0. The molecule has 1 rings (SSSR count). The van der Waals surface area contributed by atoms with Crippen LogP contribution in [0.15, 0.2) is 23.1 Å². The van der Waals surface area contributed by atoms with E-state index >= 15 is 0 Å². The van der Waals surface area contributed by atoms with Crippen LogP contribution in [0.2, 0.25) is 5.02 Å². The maximum atomic E-state index is 11.8. The van der Waals surface area contributed by atoms with Gasteiger partial charge >= 0.3 is 0 Å². The van der Waals surface area contributed by atoms with Crippen molar-refractivity contribution in [3.63, 3.8) is 0 Å². The fourth-order valence-corrected chi connectivity index (χ4v) is 2.70. The largest absolute Gasteiger partial charge is 0.329 e. The smallest absolute Gasteiger partial charge is 0.240 e. The summed E-state index contributed by atoms with van der Waals surface area (Å²) in [6, 6.07) is 5.43. The number of sulfonamides is 1. The third kappa shape index (κ3) is 4.12. The van der Waals surface area contributed by atoms with Crippen molar-refractivity contribution in [1.82, 2.24) is 4.72 Å². The number of nitrogens with zero attached hydrogens (tertiary/aromatic N) is 1. The molecule has 0 bridgehead atoms. The van der Waals surface area contributed by atoms with Crippen LogP contribution in [0.4, 0.5) is 0 Å². The highest BCUT2D eigenvalue weighted by atomic mass is 35.5. The Hall–Kier alpha value is -0.840. The van der Waals surface area contributed by atoms with Crippen LogP contribution in [-0.4, -0.2) is 21.0 Å². The van der Waals surface area contributed by atoms with Crippen LogP contribution in [0.1, 0.15) is 12.5 Å². The molecule has 1 aromatic carbocycles. The van der Waals surface area contributed by atoms with E-state index < -0.39 is 10.0 Å². The number of hydrogen-bond acceptors (Lipinski definition) is 4. The second kappa shape index (κ2) is 6.92. The van der Waals surface area contributed by atoms with Gasteiger partial charge in [0.15, 0.2) is 0 Å². The number of hydrogen-bond donors (Lipinski definition) is 2. The molecular weight excluding hydrogens is 297 g/mol. The monoisotopic (exact) mass is 309 g/mol. The fraction of sp³-hybridized carbons (Fsp3) is 0.300. The highest BCUT2D eigenvalue weighted by molar-refractivity contribution is 7.89. The molecule has 0 radical (unpaired) electrons. The van der Waals surface area contributed by atoms with Gasteiger partial charge in [0.1, 0.15) is 6.07 Å². The molecule has 1 atom stereocenters. The zero-order chi connectivity index (χ0) is 13.1. The molecule has 0 fully saturated rings. The van der Waals surface area contributed by atoms with Gasteiger partial charge in [-0.1, -0.05) is 11.6 Å². The minimum atomic E-state index is -3.64. The maximum Gasteiger partial charge on any atom is 0.240 e. The van der Waals surface area contributed by atoms with E-state index in [-0.39, 0.29) is 40.5 Å². The first-order valence-electron chi connectivity index (χ1n) is 4.82. The summed E-state index contributed by atoms with van der Waals surface area (Å²) >= 11 is 5.77. The summed E-state index contributed by atoms with van der Waals surface area (Å²) in [5, 5.41) is 8.79. The lowest BCUT2D eigenvalue weighted by Crippen LogP contribution is -2.37. The van der Waals surface area contributed by atoms with Gasteiger partial charge < -0.3 is 5.73 Å². The molecule has 0 spiro atoms. The van der Waals surface area contributed by atoms with Crippen molar-refractivity contribution >= 4 is 34.0 Å². The van der Waals surface area contributed by atoms with E-state index in [9.17, 15) is 8.42 Å². The quantitative estimate of drug-likeness (QED) is 0.875. The Morgan fingerprint density at radius 1 is 1.56 bits per heavy atom. The third-order valence-electron chi connectivity index (χ3n) is 2.08. The van der Waals surface area contributed by atoms with Crippen LogP contribution in [0, 0.1) is 11.3 Å². The lowest BCUT2D eigenvalue weighted by molar-refractivity contribution is 0.562. The van der Waals surface area contributed by atoms with Gasteiger partial charge in [0.2, 0.25) is 10.0 Å². The Morgan fingerprint density at radius 2 is 2.17 bits per heavy atom. The Morgan fingerprint density at radius 3 is 2.61 bits per heavy atom. The molecule has 0 saturated heterocycles. The number of nitrogens with one attached hydrogen (secondary N) is 1. The van der Waals surface area contributed by atoms with Gasteiger partial charge in [0, 0.05) is 12.6 Å². The second-order valence-electron chi connectivity index (χ2n) is 3.51. The second-order valence-corrected chi connectivity index (χ2v) is 5.63. The third-order valence-corrected chi connectivity index (χ3v) is 3.98. The summed E-state index contributed by atoms with van der Waals surface area (Å²) in [6.45, 7) is 1.85. The summed E-state index contributed by atoms with van der Waals surface area (Å²) < 4.78 is 26.1. The highest BCUT2D eigenvalue weighted by Crippen LogP contribution is 2.20. The van der Waals surface area contributed by atoms with Crippen molar-refractivity contribution < 1.29 is 8.42 Å². The molecule has 1 aromatic rings. The molecule has 0 aliphatic carbocycles. The summed E-state index contributed by atoms with van der Waals surface area (Å²) in [5.74, 6) is 0. The van der Waals surface area contributed by atoms with Crippen molar-refractivity contribution in [1.29, 1.82) is 5.26 Å². The first-order chi connectivity index (χ1) is 7.90. The SMILES string of the molecule is C[C@H](CN)NS(=O)(=O)c1ccc(C#N)c(Cl)c1.Cl. The van der Waals surface area contributed by atoms with Crippen LogP contribution in [-0.2, 0) is 10.0 Å². The molecular formula is C10H13Cl2N3O2S. The number of halogens is 2. The van der Waals surface area contributed by atoms with E-state index in [0.717, 1.165) is 0 Å². The molecule has 5 nitrogen and oxygen atoms in total.